The van der Waals surface area contributed by atoms with Gasteiger partial charge in [-0.2, -0.15) is 0 Å². The number of nitrogens with zero attached hydrogens (tertiary/aromatic N) is 1. The molecule has 1 saturated heterocycles. The van der Waals surface area contributed by atoms with E-state index in [2.05, 4.69) is 25.7 Å². The number of hydrogen-bond donors (Lipinski definition) is 1. The third kappa shape index (κ3) is 2.85. The zero-order valence-electron chi connectivity index (χ0n) is 11.9. The smallest absolute Gasteiger partial charge is 0.0252 e. The lowest BCUT2D eigenvalue weighted by Crippen LogP contribution is -2.52. The van der Waals surface area contributed by atoms with E-state index in [1.54, 1.807) is 0 Å². The van der Waals surface area contributed by atoms with Crippen LogP contribution in [0.15, 0.2) is 0 Å². The molecule has 2 fully saturated rings. The van der Waals surface area contributed by atoms with Gasteiger partial charge in [0.25, 0.3) is 0 Å². The molecule has 17 heavy (non-hydrogen) atoms. The molecule has 100 valence electrons. The molecule has 1 aliphatic carbocycles. The van der Waals surface area contributed by atoms with Crippen LogP contribution in [0.3, 0.4) is 0 Å². The van der Waals surface area contributed by atoms with Crippen molar-refractivity contribution in [2.24, 2.45) is 17.6 Å². The standard InChI is InChI=1S/C15H30N2/c1-12-6-4-7-13(10-12)14(11-16)17-9-5-8-15(17,2)3/h12-14H,4-11,16H2,1-3H3. The van der Waals surface area contributed by atoms with Crippen LogP contribution in [0, 0.1) is 11.8 Å². The van der Waals surface area contributed by atoms with Gasteiger partial charge < -0.3 is 5.73 Å². The van der Waals surface area contributed by atoms with Gasteiger partial charge in [-0.3, -0.25) is 4.90 Å². The Morgan fingerprint density at radius 2 is 2.06 bits per heavy atom. The molecular weight excluding hydrogens is 208 g/mol. The Balaban J connectivity index is 2.05. The van der Waals surface area contributed by atoms with Crippen molar-refractivity contribution < 1.29 is 0 Å². The first-order chi connectivity index (χ1) is 8.04. The fraction of sp³-hybridized carbons (Fsp3) is 1.00. The normalized spacial score (nSPS) is 36.0. The summed E-state index contributed by atoms with van der Waals surface area (Å²) < 4.78 is 0. The predicted molar refractivity (Wildman–Crippen MR) is 74.0 cm³/mol. The Hall–Kier alpha value is -0.0800. The minimum atomic E-state index is 0.380. The van der Waals surface area contributed by atoms with Crippen LogP contribution in [0.2, 0.25) is 0 Å². The van der Waals surface area contributed by atoms with E-state index in [0.29, 0.717) is 11.6 Å². The monoisotopic (exact) mass is 238 g/mol. The maximum atomic E-state index is 6.11. The molecule has 3 unspecified atom stereocenters. The zero-order chi connectivity index (χ0) is 12.5. The second kappa shape index (κ2) is 5.27. The van der Waals surface area contributed by atoms with Gasteiger partial charge in [0.05, 0.1) is 0 Å². The van der Waals surface area contributed by atoms with Gasteiger partial charge in [0, 0.05) is 18.1 Å². The Morgan fingerprint density at radius 1 is 1.29 bits per heavy atom. The number of hydrogen-bond acceptors (Lipinski definition) is 2. The quantitative estimate of drug-likeness (QED) is 0.819. The van der Waals surface area contributed by atoms with Crippen molar-refractivity contribution >= 4 is 0 Å². The first-order valence-corrected chi connectivity index (χ1v) is 7.51. The topological polar surface area (TPSA) is 29.3 Å². The third-order valence-corrected chi connectivity index (χ3v) is 5.13. The summed E-state index contributed by atoms with van der Waals surface area (Å²) in [4.78, 5) is 2.72. The molecule has 0 radical (unpaired) electrons. The van der Waals surface area contributed by atoms with Crippen molar-refractivity contribution in [1.82, 2.24) is 4.90 Å². The minimum Gasteiger partial charge on any atom is -0.329 e. The van der Waals surface area contributed by atoms with Gasteiger partial charge in [-0.1, -0.05) is 19.8 Å². The van der Waals surface area contributed by atoms with Crippen LogP contribution < -0.4 is 5.73 Å². The summed E-state index contributed by atoms with van der Waals surface area (Å²) in [6.45, 7) is 9.32. The van der Waals surface area contributed by atoms with Gasteiger partial charge >= 0.3 is 0 Å². The molecule has 1 saturated carbocycles. The van der Waals surface area contributed by atoms with Crippen LogP contribution in [0.25, 0.3) is 0 Å². The number of rotatable bonds is 3. The van der Waals surface area contributed by atoms with E-state index in [1.165, 1.54) is 45.1 Å². The Bertz CT molecular complexity index is 249. The first kappa shape index (κ1) is 13.4. The predicted octanol–water partition coefficient (Wildman–Crippen LogP) is 3.01. The van der Waals surface area contributed by atoms with E-state index >= 15 is 0 Å². The molecule has 2 N–H and O–H groups in total. The lowest BCUT2D eigenvalue weighted by atomic mass is 9.77. The maximum absolute atomic E-state index is 6.11. The fourth-order valence-corrected chi connectivity index (χ4v) is 4.15. The van der Waals surface area contributed by atoms with E-state index in [4.69, 9.17) is 5.73 Å². The summed E-state index contributed by atoms with van der Waals surface area (Å²) in [5, 5.41) is 0. The zero-order valence-corrected chi connectivity index (χ0v) is 11.9. The van der Waals surface area contributed by atoms with Crippen LogP contribution in [0.5, 0.6) is 0 Å². The van der Waals surface area contributed by atoms with Gasteiger partial charge in [0.15, 0.2) is 0 Å². The molecular formula is C15H30N2. The number of nitrogens with two attached hydrogens (primary N) is 1. The highest BCUT2D eigenvalue weighted by atomic mass is 15.2. The van der Waals surface area contributed by atoms with Crippen molar-refractivity contribution in [3.63, 3.8) is 0 Å². The fourth-order valence-electron chi connectivity index (χ4n) is 4.15. The summed E-state index contributed by atoms with van der Waals surface area (Å²) in [5.41, 5.74) is 6.49. The van der Waals surface area contributed by atoms with Crippen molar-refractivity contribution in [1.29, 1.82) is 0 Å². The molecule has 2 heteroatoms. The molecule has 2 nitrogen and oxygen atoms in total. The summed E-state index contributed by atoms with van der Waals surface area (Å²) in [6, 6.07) is 0.634. The second-order valence-electron chi connectivity index (χ2n) is 6.94. The van der Waals surface area contributed by atoms with E-state index in [9.17, 15) is 0 Å². The minimum absolute atomic E-state index is 0.380. The molecule has 0 amide bonds. The summed E-state index contributed by atoms with van der Waals surface area (Å²) in [5.74, 6) is 1.76. The highest BCUT2D eigenvalue weighted by molar-refractivity contribution is 4.95. The lowest BCUT2D eigenvalue weighted by molar-refractivity contribution is 0.0584. The van der Waals surface area contributed by atoms with E-state index in [0.717, 1.165) is 18.4 Å². The molecule has 0 aromatic carbocycles. The van der Waals surface area contributed by atoms with Crippen molar-refractivity contribution in [2.45, 2.75) is 70.9 Å². The Morgan fingerprint density at radius 3 is 2.59 bits per heavy atom. The van der Waals surface area contributed by atoms with Gasteiger partial charge in [-0.05, 0) is 57.9 Å². The van der Waals surface area contributed by atoms with Crippen molar-refractivity contribution in [2.75, 3.05) is 13.1 Å². The molecule has 0 bridgehead atoms. The molecule has 2 aliphatic rings. The van der Waals surface area contributed by atoms with Crippen LogP contribution in [0.4, 0.5) is 0 Å². The average Bonchev–Trinajstić information content (AvgIpc) is 2.60. The molecule has 0 aromatic rings. The molecule has 3 atom stereocenters. The summed E-state index contributed by atoms with van der Waals surface area (Å²) in [6.07, 6.45) is 8.33. The molecule has 0 spiro atoms. The molecule has 2 rings (SSSR count). The summed E-state index contributed by atoms with van der Waals surface area (Å²) in [7, 11) is 0. The van der Waals surface area contributed by atoms with Crippen LogP contribution in [-0.4, -0.2) is 29.6 Å². The Kier molecular flexibility index (Phi) is 4.14. The Labute approximate surface area is 107 Å². The van der Waals surface area contributed by atoms with Gasteiger partial charge in [0.1, 0.15) is 0 Å². The maximum Gasteiger partial charge on any atom is 0.0252 e. The third-order valence-electron chi connectivity index (χ3n) is 5.13. The average molecular weight is 238 g/mol. The summed E-state index contributed by atoms with van der Waals surface area (Å²) >= 11 is 0. The van der Waals surface area contributed by atoms with Gasteiger partial charge in [0.2, 0.25) is 0 Å². The highest BCUT2D eigenvalue weighted by Crippen LogP contribution is 2.38. The van der Waals surface area contributed by atoms with Crippen LogP contribution in [0.1, 0.15) is 59.3 Å². The van der Waals surface area contributed by atoms with Crippen molar-refractivity contribution in [3.8, 4) is 0 Å². The molecule has 0 aromatic heterocycles. The number of likely N-dealkylation sites (tertiary alicyclic amines) is 1. The van der Waals surface area contributed by atoms with Crippen molar-refractivity contribution in [3.05, 3.63) is 0 Å². The van der Waals surface area contributed by atoms with Gasteiger partial charge in [-0.25, -0.2) is 0 Å². The van der Waals surface area contributed by atoms with Crippen LogP contribution >= 0.6 is 0 Å². The SMILES string of the molecule is CC1CCCC(C(CN)N2CCCC2(C)C)C1. The molecule has 1 aliphatic heterocycles. The second-order valence-corrected chi connectivity index (χ2v) is 6.94. The van der Waals surface area contributed by atoms with Gasteiger partial charge in [-0.15, -0.1) is 0 Å². The highest BCUT2D eigenvalue weighted by Gasteiger charge is 2.39. The molecule has 1 heterocycles. The van der Waals surface area contributed by atoms with Crippen LogP contribution in [-0.2, 0) is 0 Å². The van der Waals surface area contributed by atoms with E-state index < -0.39 is 0 Å². The lowest BCUT2D eigenvalue weighted by Gasteiger charge is -2.44. The van der Waals surface area contributed by atoms with E-state index in [-0.39, 0.29) is 0 Å². The largest absolute Gasteiger partial charge is 0.329 e. The van der Waals surface area contributed by atoms with E-state index in [1.807, 2.05) is 0 Å². The first-order valence-electron chi connectivity index (χ1n) is 7.51.